The molecule has 0 N–H and O–H groups in total. The molecule has 5 nitrogen and oxygen atoms in total. The Labute approximate surface area is 282 Å². The zero-order valence-electron chi connectivity index (χ0n) is 26.3. The minimum atomic E-state index is -0.351. The largest absolute Gasteiger partial charge is 2.00 e. The fourth-order valence-corrected chi connectivity index (χ4v) is 6.04. The van der Waals surface area contributed by atoms with Crippen molar-refractivity contribution in [1.29, 1.82) is 0 Å². The predicted molar refractivity (Wildman–Crippen MR) is 178 cm³/mol. The average molecular weight is 788 g/mol. The second-order valence-electron chi connectivity index (χ2n) is 11.7. The standard InChI is InChI=1S/C39H33FN4O.Pt/c1-6-34-38(27-15-14-25(4)26(5)20-27)39(24(2)3)42-44(34)29-10-9-11-30(22-29)45-31-16-17-33-32-12-7-8-13-35(32)43(36(33)23-31)37-21-28(40)18-19-41-37;/h7-21,24H,6H2,1-5H3;/q-2;+2. The second-order valence-corrected chi connectivity index (χ2v) is 11.7. The van der Waals surface area contributed by atoms with Gasteiger partial charge in [0.15, 0.2) is 0 Å². The first kappa shape index (κ1) is 31.4. The molecular weight excluding hydrogens is 755 g/mol. The zero-order chi connectivity index (χ0) is 31.2. The van der Waals surface area contributed by atoms with E-state index in [-0.39, 0.29) is 32.8 Å². The van der Waals surface area contributed by atoms with Crippen LogP contribution in [-0.4, -0.2) is 19.3 Å². The van der Waals surface area contributed by atoms with Gasteiger partial charge in [-0.2, -0.15) is 17.2 Å². The number of benzene rings is 4. The van der Waals surface area contributed by atoms with Crippen LogP contribution in [0.25, 0.3) is 44.4 Å². The van der Waals surface area contributed by atoms with Gasteiger partial charge in [0, 0.05) is 40.5 Å². The van der Waals surface area contributed by atoms with E-state index in [1.165, 1.54) is 40.6 Å². The van der Waals surface area contributed by atoms with Crippen molar-refractivity contribution in [3.63, 3.8) is 0 Å². The Bertz CT molecular complexity index is 2210. The molecule has 0 radical (unpaired) electrons. The van der Waals surface area contributed by atoms with E-state index < -0.39 is 0 Å². The van der Waals surface area contributed by atoms with Gasteiger partial charge in [-0.3, -0.25) is 4.68 Å². The summed E-state index contributed by atoms with van der Waals surface area (Å²) in [6.07, 6.45) is 2.28. The number of nitrogens with zero attached hydrogens (tertiary/aromatic N) is 4. The van der Waals surface area contributed by atoms with Gasteiger partial charge < -0.3 is 9.30 Å². The van der Waals surface area contributed by atoms with Crippen LogP contribution in [0, 0.1) is 31.8 Å². The van der Waals surface area contributed by atoms with Gasteiger partial charge in [-0.05, 0) is 66.1 Å². The SMILES string of the molecule is CCc1c(-c2ccc(C)c(C)c2)c(C(C)C)nn1-c1[c-]c(Oc2[c-]c3c(cc2)c2ccccc2n3-c2cc(F)ccn2)ccc1.[Pt+2]. The number of halogens is 1. The van der Waals surface area contributed by atoms with Gasteiger partial charge in [0.1, 0.15) is 11.6 Å². The van der Waals surface area contributed by atoms with Crippen molar-refractivity contribution in [1.82, 2.24) is 19.3 Å². The quantitative estimate of drug-likeness (QED) is 0.151. The Morgan fingerprint density at radius 3 is 2.41 bits per heavy atom. The van der Waals surface area contributed by atoms with Crippen LogP contribution in [0.4, 0.5) is 4.39 Å². The van der Waals surface area contributed by atoms with Crippen LogP contribution in [-0.2, 0) is 27.5 Å². The first-order valence-electron chi connectivity index (χ1n) is 15.3. The number of aromatic nitrogens is 4. The number of rotatable bonds is 7. The van der Waals surface area contributed by atoms with Crippen molar-refractivity contribution < 1.29 is 30.2 Å². The first-order valence-corrected chi connectivity index (χ1v) is 15.3. The Hall–Kier alpha value is -4.54. The molecule has 0 aliphatic carbocycles. The zero-order valence-corrected chi connectivity index (χ0v) is 28.6. The van der Waals surface area contributed by atoms with Crippen molar-refractivity contribution in [3.05, 3.63) is 132 Å². The molecule has 0 atom stereocenters. The minimum absolute atomic E-state index is 0. The van der Waals surface area contributed by atoms with Gasteiger partial charge in [0.2, 0.25) is 0 Å². The van der Waals surface area contributed by atoms with E-state index in [0.29, 0.717) is 17.3 Å². The fraction of sp³-hybridized carbons (Fsp3) is 0.179. The number of fused-ring (bicyclic) bond motifs is 3. The summed E-state index contributed by atoms with van der Waals surface area (Å²) in [4.78, 5) is 4.46. The van der Waals surface area contributed by atoms with Gasteiger partial charge in [-0.15, -0.1) is 35.7 Å². The van der Waals surface area contributed by atoms with Gasteiger partial charge in [-0.1, -0.05) is 62.7 Å². The average Bonchev–Trinajstić information content (AvgIpc) is 3.59. The third kappa shape index (κ3) is 5.56. The summed E-state index contributed by atoms with van der Waals surface area (Å²) in [7, 11) is 0. The van der Waals surface area contributed by atoms with E-state index in [2.05, 4.69) is 69.9 Å². The second kappa shape index (κ2) is 12.7. The molecule has 0 fully saturated rings. The molecule has 7 heteroatoms. The number of para-hydroxylation sites is 1. The minimum Gasteiger partial charge on any atom is -0.509 e. The molecule has 0 unspecified atom stereocenters. The molecule has 7 aromatic rings. The number of hydrogen-bond acceptors (Lipinski definition) is 3. The first-order chi connectivity index (χ1) is 21.8. The van der Waals surface area contributed by atoms with Crippen molar-refractivity contribution in [2.45, 2.75) is 47.0 Å². The van der Waals surface area contributed by atoms with E-state index in [1.807, 2.05) is 63.8 Å². The maximum atomic E-state index is 14.3. The smallest absolute Gasteiger partial charge is 0.509 e. The maximum Gasteiger partial charge on any atom is 2.00 e. The predicted octanol–water partition coefficient (Wildman–Crippen LogP) is 9.86. The maximum absolute atomic E-state index is 14.3. The van der Waals surface area contributed by atoms with E-state index in [4.69, 9.17) is 9.84 Å². The number of hydrogen-bond donors (Lipinski definition) is 0. The van der Waals surface area contributed by atoms with Gasteiger partial charge in [0.25, 0.3) is 0 Å². The molecule has 0 spiro atoms. The summed E-state index contributed by atoms with van der Waals surface area (Å²) in [6.45, 7) is 10.8. The van der Waals surface area contributed by atoms with Crippen LogP contribution < -0.4 is 4.74 Å². The molecule has 3 aromatic heterocycles. The fourth-order valence-electron chi connectivity index (χ4n) is 6.04. The molecule has 0 aliphatic rings. The Morgan fingerprint density at radius 2 is 1.65 bits per heavy atom. The van der Waals surface area contributed by atoms with Crippen LogP contribution in [0.5, 0.6) is 11.5 Å². The van der Waals surface area contributed by atoms with Crippen molar-refractivity contribution >= 4 is 21.8 Å². The number of pyridine rings is 1. The summed E-state index contributed by atoms with van der Waals surface area (Å²) >= 11 is 0. The Morgan fingerprint density at radius 1 is 0.848 bits per heavy atom. The topological polar surface area (TPSA) is 44.9 Å². The molecule has 0 saturated carbocycles. The van der Waals surface area contributed by atoms with E-state index in [0.717, 1.165) is 45.3 Å². The van der Waals surface area contributed by atoms with E-state index in [1.54, 1.807) is 0 Å². The van der Waals surface area contributed by atoms with Gasteiger partial charge in [0.05, 0.1) is 5.69 Å². The van der Waals surface area contributed by atoms with Gasteiger partial charge >= 0.3 is 21.1 Å². The summed E-state index contributed by atoms with van der Waals surface area (Å²) < 4.78 is 24.6. The van der Waals surface area contributed by atoms with Crippen LogP contribution in [0.15, 0.2) is 91.1 Å². The molecule has 3 heterocycles. The van der Waals surface area contributed by atoms with Crippen molar-refractivity contribution in [2.75, 3.05) is 0 Å². The molecule has 0 saturated heterocycles. The summed E-state index contributed by atoms with van der Waals surface area (Å²) in [5.41, 5.74) is 9.58. The van der Waals surface area contributed by atoms with Crippen molar-refractivity contribution in [2.24, 2.45) is 0 Å². The summed E-state index contributed by atoms with van der Waals surface area (Å²) in [5.74, 6) is 1.44. The molecule has 232 valence electrons. The van der Waals surface area contributed by atoms with Gasteiger partial charge in [-0.25, -0.2) is 9.37 Å². The van der Waals surface area contributed by atoms with Crippen LogP contribution in [0.2, 0.25) is 0 Å². The Kier molecular flexibility index (Phi) is 8.67. The summed E-state index contributed by atoms with van der Waals surface area (Å²) in [6, 6.07) is 34.1. The molecule has 0 aliphatic heterocycles. The third-order valence-electron chi connectivity index (χ3n) is 8.38. The molecule has 0 amide bonds. The molecule has 7 rings (SSSR count). The third-order valence-corrected chi connectivity index (χ3v) is 8.38. The van der Waals surface area contributed by atoms with Crippen LogP contribution in [0.3, 0.4) is 0 Å². The summed E-state index contributed by atoms with van der Waals surface area (Å²) in [5, 5.41) is 7.13. The molecular formula is C39H33FN4OPt. The molecule has 46 heavy (non-hydrogen) atoms. The van der Waals surface area contributed by atoms with Crippen molar-refractivity contribution in [3.8, 4) is 34.1 Å². The Balaban J connectivity index is 0.00000372. The molecule has 0 bridgehead atoms. The number of aryl methyl sites for hydroxylation is 2. The normalized spacial score (nSPS) is 11.4. The monoisotopic (exact) mass is 787 g/mol. The van der Waals surface area contributed by atoms with E-state index in [9.17, 15) is 4.39 Å². The van der Waals surface area contributed by atoms with Crippen LogP contribution >= 0.6 is 0 Å². The molecule has 4 aromatic carbocycles. The van der Waals surface area contributed by atoms with E-state index >= 15 is 0 Å². The number of ether oxygens (including phenoxy) is 1. The van der Waals surface area contributed by atoms with Crippen LogP contribution in [0.1, 0.15) is 49.2 Å².